The van der Waals surface area contributed by atoms with Crippen LogP contribution in [0.4, 0.5) is 0 Å². The molecule has 2 heteroatoms. The lowest BCUT2D eigenvalue weighted by molar-refractivity contribution is 0.128. The minimum atomic E-state index is 0.474. The van der Waals surface area contributed by atoms with Crippen molar-refractivity contribution in [3.05, 3.63) is 0 Å². The smallest absolute Gasteiger partial charge is 0.0159 e. The van der Waals surface area contributed by atoms with Crippen LogP contribution in [0.5, 0.6) is 0 Å². The van der Waals surface area contributed by atoms with Gasteiger partial charge in [-0.1, -0.05) is 40.5 Å². The van der Waals surface area contributed by atoms with Crippen molar-refractivity contribution in [3.63, 3.8) is 0 Å². The summed E-state index contributed by atoms with van der Waals surface area (Å²) in [7, 11) is 2.37. The van der Waals surface area contributed by atoms with Crippen LogP contribution in [0.2, 0.25) is 0 Å². The third kappa shape index (κ3) is 3.76. The normalized spacial score (nSPS) is 37.5. The summed E-state index contributed by atoms with van der Waals surface area (Å²) >= 11 is 0. The van der Waals surface area contributed by atoms with Crippen LogP contribution in [0.1, 0.15) is 66.2 Å². The van der Waals surface area contributed by atoms with E-state index in [-0.39, 0.29) is 0 Å². The fraction of sp³-hybridized carbons (Fsp3) is 1.00. The van der Waals surface area contributed by atoms with Gasteiger partial charge in [0.25, 0.3) is 0 Å². The van der Waals surface area contributed by atoms with Crippen LogP contribution in [0.25, 0.3) is 0 Å². The van der Waals surface area contributed by atoms with E-state index in [0.29, 0.717) is 11.5 Å². The Morgan fingerprint density at radius 2 is 1.95 bits per heavy atom. The van der Waals surface area contributed by atoms with Gasteiger partial charge < -0.3 is 10.2 Å². The Bertz CT molecular complexity index is 300. The average molecular weight is 280 g/mol. The largest absolute Gasteiger partial charge is 0.313 e. The molecule has 2 nitrogen and oxygen atoms in total. The molecule has 0 radical (unpaired) electrons. The number of nitrogens with zero attached hydrogens (tertiary/aromatic N) is 1. The molecule has 1 N–H and O–H groups in total. The Hall–Kier alpha value is -0.0800. The number of nitrogens with one attached hydrogen (secondary N) is 1. The van der Waals surface area contributed by atoms with E-state index in [4.69, 9.17) is 0 Å². The van der Waals surface area contributed by atoms with Crippen molar-refractivity contribution in [2.24, 2.45) is 17.3 Å². The van der Waals surface area contributed by atoms with Crippen molar-refractivity contribution < 1.29 is 0 Å². The van der Waals surface area contributed by atoms with Gasteiger partial charge in [-0.15, -0.1) is 0 Å². The maximum absolute atomic E-state index is 3.78. The summed E-state index contributed by atoms with van der Waals surface area (Å²) in [6.45, 7) is 12.0. The van der Waals surface area contributed by atoms with Crippen molar-refractivity contribution in [1.29, 1.82) is 0 Å². The summed E-state index contributed by atoms with van der Waals surface area (Å²) in [4.78, 5) is 2.69. The second kappa shape index (κ2) is 6.79. The van der Waals surface area contributed by atoms with Crippen molar-refractivity contribution in [1.82, 2.24) is 10.2 Å². The first-order valence-electron chi connectivity index (χ1n) is 8.87. The summed E-state index contributed by atoms with van der Waals surface area (Å²) in [5, 5.41) is 3.78. The van der Waals surface area contributed by atoms with Crippen molar-refractivity contribution in [2.75, 3.05) is 20.1 Å². The molecule has 0 aliphatic heterocycles. The minimum absolute atomic E-state index is 0.474. The zero-order chi connectivity index (χ0) is 14.8. The molecule has 2 saturated carbocycles. The average Bonchev–Trinajstić information content (AvgIpc) is 2.67. The molecule has 4 unspecified atom stereocenters. The molecule has 4 atom stereocenters. The van der Waals surface area contributed by atoms with Gasteiger partial charge in [-0.3, -0.25) is 0 Å². The fourth-order valence-corrected chi connectivity index (χ4v) is 4.70. The van der Waals surface area contributed by atoms with Crippen molar-refractivity contribution >= 4 is 0 Å². The second-order valence-corrected chi connectivity index (χ2v) is 8.19. The number of rotatable bonds is 5. The van der Waals surface area contributed by atoms with E-state index < -0.39 is 0 Å². The molecule has 0 heterocycles. The first kappa shape index (κ1) is 16.3. The third-order valence-electron chi connectivity index (χ3n) is 5.95. The van der Waals surface area contributed by atoms with Crippen LogP contribution < -0.4 is 5.32 Å². The van der Waals surface area contributed by atoms with E-state index in [1.807, 2.05) is 0 Å². The molecule has 2 rings (SSSR count). The van der Waals surface area contributed by atoms with Crippen molar-refractivity contribution in [2.45, 2.75) is 78.3 Å². The Balaban J connectivity index is 1.91. The Labute approximate surface area is 126 Å². The fourth-order valence-electron chi connectivity index (χ4n) is 4.70. The third-order valence-corrected chi connectivity index (χ3v) is 5.95. The molecule has 0 bridgehead atoms. The van der Waals surface area contributed by atoms with Gasteiger partial charge in [0.15, 0.2) is 0 Å². The molecule has 20 heavy (non-hydrogen) atoms. The van der Waals surface area contributed by atoms with Gasteiger partial charge in [-0.2, -0.15) is 0 Å². The SMILES string of the molecule is CCNC1C(CN(C)C2CCCC(C)C2)CCC1(C)C. The molecular weight excluding hydrogens is 244 g/mol. The van der Waals surface area contributed by atoms with Gasteiger partial charge in [0.1, 0.15) is 0 Å². The Morgan fingerprint density at radius 3 is 2.60 bits per heavy atom. The lowest BCUT2D eigenvalue weighted by atomic mass is 9.83. The van der Waals surface area contributed by atoms with E-state index in [0.717, 1.165) is 24.4 Å². The Kier molecular flexibility index (Phi) is 5.53. The predicted octanol–water partition coefficient (Wildman–Crippen LogP) is 3.91. The first-order valence-corrected chi connectivity index (χ1v) is 8.87. The van der Waals surface area contributed by atoms with Crippen LogP contribution in [0.15, 0.2) is 0 Å². The van der Waals surface area contributed by atoms with Gasteiger partial charge in [0.05, 0.1) is 0 Å². The lowest BCUT2D eigenvalue weighted by Crippen LogP contribution is -2.47. The highest BCUT2D eigenvalue weighted by Gasteiger charge is 2.42. The zero-order valence-corrected chi connectivity index (χ0v) is 14.4. The summed E-state index contributed by atoms with van der Waals surface area (Å²) in [6, 6.07) is 1.54. The van der Waals surface area contributed by atoms with Gasteiger partial charge in [0.2, 0.25) is 0 Å². The summed E-state index contributed by atoms with van der Waals surface area (Å²) in [6.07, 6.45) is 8.49. The summed E-state index contributed by atoms with van der Waals surface area (Å²) in [5.74, 6) is 1.77. The predicted molar refractivity (Wildman–Crippen MR) is 88.0 cm³/mol. The summed E-state index contributed by atoms with van der Waals surface area (Å²) < 4.78 is 0. The van der Waals surface area contributed by atoms with Crippen molar-refractivity contribution in [3.8, 4) is 0 Å². The van der Waals surface area contributed by atoms with Gasteiger partial charge in [-0.25, -0.2) is 0 Å². The molecule has 0 saturated heterocycles. The molecule has 2 aliphatic carbocycles. The lowest BCUT2D eigenvalue weighted by Gasteiger charge is -2.38. The van der Waals surface area contributed by atoms with Crippen LogP contribution in [0.3, 0.4) is 0 Å². The van der Waals surface area contributed by atoms with Gasteiger partial charge in [0, 0.05) is 18.6 Å². The molecule has 0 aromatic heterocycles. The molecule has 2 aliphatic rings. The summed E-state index contributed by atoms with van der Waals surface area (Å²) in [5.41, 5.74) is 0.474. The van der Waals surface area contributed by atoms with Crippen LogP contribution in [-0.4, -0.2) is 37.1 Å². The monoisotopic (exact) mass is 280 g/mol. The molecule has 2 fully saturated rings. The highest BCUT2D eigenvalue weighted by Crippen LogP contribution is 2.42. The molecule has 0 amide bonds. The van der Waals surface area contributed by atoms with Crippen LogP contribution in [0, 0.1) is 17.3 Å². The maximum Gasteiger partial charge on any atom is 0.0159 e. The highest BCUT2D eigenvalue weighted by molar-refractivity contribution is 4.97. The topological polar surface area (TPSA) is 15.3 Å². The van der Waals surface area contributed by atoms with Gasteiger partial charge in [-0.05, 0) is 56.5 Å². The second-order valence-electron chi connectivity index (χ2n) is 8.19. The highest BCUT2D eigenvalue weighted by atomic mass is 15.1. The number of hydrogen-bond acceptors (Lipinski definition) is 2. The van der Waals surface area contributed by atoms with E-state index in [9.17, 15) is 0 Å². The van der Waals surface area contributed by atoms with Crippen LogP contribution in [-0.2, 0) is 0 Å². The standard InChI is InChI=1S/C18H36N2/c1-6-19-17-15(10-11-18(17,3)4)13-20(5)16-9-7-8-14(2)12-16/h14-17,19H,6-13H2,1-5H3. The number of hydrogen-bond donors (Lipinski definition) is 1. The van der Waals surface area contributed by atoms with E-state index in [1.54, 1.807) is 0 Å². The molecule has 0 aromatic rings. The first-order chi connectivity index (χ1) is 9.44. The quantitative estimate of drug-likeness (QED) is 0.821. The zero-order valence-electron chi connectivity index (χ0n) is 14.4. The molecule has 118 valence electrons. The molecule has 0 aromatic carbocycles. The van der Waals surface area contributed by atoms with E-state index >= 15 is 0 Å². The van der Waals surface area contributed by atoms with Crippen LogP contribution >= 0.6 is 0 Å². The maximum atomic E-state index is 3.78. The minimum Gasteiger partial charge on any atom is -0.313 e. The van der Waals surface area contributed by atoms with Gasteiger partial charge >= 0.3 is 0 Å². The molecular formula is C18H36N2. The molecule has 0 spiro atoms. The van der Waals surface area contributed by atoms with E-state index in [2.05, 4.69) is 45.0 Å². The Morgan fingerprint density at radius 1 is 1.20 bits per heavy atom. The van der Waals surface area contributed by atoms with E-state index in [1.165, 1.54) is 45.1 Å².